The number of aromatic amines is 1. The lowest BCUT2D eigenvalue weighted by atomic mass is 10.1. The van der Waals surface area contributed by atoms with E-state index < -0.39 is 0 Å². The molecule has 1 amide bonds. The third-order valence-electron chi connectivity index (χ3n) is 4.84. The van der Waals surface area contributed by atoms with Crippen LogP contribution in [0.2, 0.25) is 0 Å². The minimum atomic E-state index is -0.0261. The number of aryl methyl sites for hydroxylation is 2. The van der Waals surface area contributed by atoms with Crippen molar-refractivity contribution in [3.05, 3.63) is 59.7 Å². The number of hydrogen-bond acceptors (Lipinski definition) is 5. The molecular formula is C21H23N5O2. The summed E-state index contributed by atoms with van der Waals surface area (Å²) in [6, 6.07) is 13.5. The number of amides is 1. The highest BCUT2D eigenvalue weighted by atomic mass is 16.5. The van der Waals surface area contributed by atoms with Crippen LogP contribution in [0, 0.1) is 13.8 Å². The number of hydrogen-bond donors (Lipinski definition) is 1. The minimum Gasteiger partial charge on any atom is -0.474 e. The molecule has 0 aliphatic carbocycles. The zero-order chi connectivity index (χ0) is 19.5. The second kappa shape index (κ2) is 7.80. The first kappa shape index (κ1) is 18.2. The molecule has 0 atom stereocenters. The molecule has 7 nitrogen and oxygen atoms in total. The summed E-state index contributed by atoms with van der Waals surface area (Å²) in [5, 5.41) is 7.15. The van der Waals surface area contributed by atoms with E-state index in [0.717, 1.165) is 29.8 Å². The first-order valence-electron chi connectivity index (χ1n) is 9.47. The van der Waals surface area contributed by atoms with Crippen molar-refractivity contribution in [3.8, 4) is 17.1 Å². The van der Waals surface area contributed by atoms with Crippen molar-refractivity contribution >= 4 is 5.91 Å². The molecule has 1 aliphatic rings. The van der Waals surface area contributed by atoms with E-state index in [4.69, 9.17) is 4.74 Å². The van der Waals surface area contributed by atoms with Gasteiger partial charge >= 0.3 is 0 Å². The van der Waals surface area contributed by atoms with Gasteiger partial charge in [0.05, 0.1) is 5.69 Å². The highest BCUT2D eigenvalue weighted by Crippen LogP contribution is 2.21. The Balaban J connectivity index is 1.36. The number of likely N-dealkylation sites (tertiary alicyclic amines) is 1. The zero-order valence-electron chi connectivity index (χ0n) is 16.1. The summed E-state index contributed by atoms with van der Waals surface area (Å²) in [5.41, 5.74) is 3.17. The molecule has 0 unspecified atom stereocenters. The molecule has 0 bridgehead atoms. The van der Waals surface area contributed by atoms with Gasteiger partial charge in [0.2, 0.25) is 5.88 Å². The van der Waals surface area contributed by atoms with E-state index >= 15 is 0 Å². The number of carbonyl (C=O) groups excluding carboxylic acids is 1. The average Bonchev–Trinajstić information content (AvgIpc) is 3.18. The maximum Gasteiger partial charge on any atom is 0.271 e. The van der Waals surface area contributed by atoms with E-state index in [-0.39, 0.29) is 12.0 Å². The van der Waals surface area contributed by atoms with E-state index in [1.807, 2.05) is 61.2 Å². The van der Waals surface area contributed by atoms with Crippen LogP contribution in [0.5, 0.6) is 5.88 Å². The molecule has 0 radical (unpaired) electrons. The molecule has 7 heteroatoms. The van der Waals surface area contributed by atoms with Gasteiger partial charge in [0.1, 0.15) is 17.6 Å². The quantitative estimate of drug-likeness (QED) is 0.755. The van der Waals surface area contributed by atoms with Gasteiger partial charge in [-0.3, -0.25) is 9.89 Å². The van der Waals surface area contributed by atoms with Gasteiger partial charge in [-0.2, -0.15) is 10.1 Å². The lowest BCUT2D eigenvalue weighted by Crippen LogP contribution is -2.42. The summed E-state index contributed by atoms with van der Waals surface area (Å²) in [4.78, 5) is 23.2. The monoisotopic (exact) mass is 377 g/mol. The largest absolute Gasteiger partial charge is 0.474 e. The molecule has 144 valence electrons. The maximum absolute atomic E-state index is 12.8. The number of piperidine rings is 1. The Bertz CT molecular complexity index is 942. The van der Waals surface area contributed by atoms with Crippen LogP contribution in [-0.2, 0) is 0 Å². The Kier molecular flexibility index (Phi) is 5.06. The molecule has 1 saturated heterocycles. The molecule has 0 spiro atoms. The second-order valence-corrected chi connectivity index (χ2v) is 7.04. The van der Waals surface area contributed by atoms with Crippen molar-refractivity contribution in [2.75, 3.05) is 13.1 Å². The van der Waals surface area contributed by atoms with Crippen LogP contribution in [0.4, 0.5) is 0 Å². The van der Waals surface area contributed by atoms with Crippen LogP contribution in [0.25, 0.3) is 11.3 Å². The molecule has 4 rings (SSSR count). The van der Waals surface area contributed by atoms with Gasteiger partial charge in [-0.05, 0) is 19.9 Å². The lowest BCUT2D eigenvalue weighted by Gasteiger charge is -2.31. The SMILES string of the molecule is Cc1cc(OC2CCN(C(=O)c3cc(-c4ccccc4)n[nH]3)CC2)nc(C)n1. The summed E-state index contributed by atoms with van der Waals surface area (Å²) in [7, 11) is 0. The Morgan fingerprint density at radius 2 is 1.86 bits per heavy atom. The molecule has 28 heavy (non-hydrogen) atoms. The fourth-order valence-corrected chi connectivity index (χ4v) is 3.45. The number of rotatable bonds is 4. The molecule has 0 saturated carbocycles. The molecular weight excluding hydrogens is 354 g/mol. The predicted molar refractivity (Wildman–Crippen MR) is 105 cm³/mol. The summed E-state index contributed by atoms with van der Waals surface area (Å²) in [6.07, 6.45) is 1.60. The van der Waals surface area contributed by atoms with Gasteiger partial charge in [0, 0.05) is 43.3 Å². The van der Waals surface area contributed by atoms with Crippen LogP contribution in [-0.4, -0.2) is 50.2 Å². The number of carbonyl (C=O) groups is 1. The van der Waals surface area contributed by atoms with Crippen molar-refractivity contribution in [3.63, 3.8) is 0 Å². The molecule has 1 aliphatic heterocycles. The van der Waals surface area contributed by atoms with E-state index in [1.54, 1.807) is 0 Å². The molecule has 3 heterocycles. The van der Waals surface area contributed by atoms with E-state index in [0.29, 0.717) is 30.5 Å². The predicted octanol–water partition coefficient (Wildman–Crippen LogP) is 3.17. The van der Waals surface area contributed by atoms with Gasteiger partial charge in [0.15, 0.2) is 0 Å². The molecule has 1 N–H and O–H groups in total. The van der Waals surface area contributed by atoms with Crippen molar-refractivity contribution < 1.29 is 9.53 Å². The Labute approximate surface area is 163 Å². The number of H-pyrrole nitrogens is 1. The summed E-state index contributed by atoms with van der Waals surface area (Å²) >= 11 is 0. The summed E-state index contributed by atoms with van der Waals surface area (Å²) in [5.74, 6) is 1.29. The van der Waals surface area contributed by atoms with E-state index in [2.05, 4.69) is 20.2 Å². The third kappa shape index (κ3) is 4.03. The van der Waals surface area contributed by atoms with Crippen molar-refractivity contribution in [1.29, 1.82) is 0 Å². The van der Waals surface area contributed by atoms with Crippen LogP contribution in [0.3, 0.4) is 0 Å². The van der Waals surface area contributed by atoms with Gasteiger partial charge in [-0.15, -0.1) is 0 Å². The van der Waals surface area contributed by atoms with Crippen molar-refractivity contribution in [2.45, 2.75) is 32.8 Å². The third-order valence-corrected chi connectivity index (χ3v) is 4.84. The second-order valence-electron chi connectivity index (χ2n) is 7.04. The first-order valence-corrected chi connectivity index (χ1v) is 9.47. The van der Waals surface area contributed by atoms with E-state index in [9.17, 15) is 4.79 Å². The number of aromatic nitrogens is 4. The standard InChI is InChI=1S/C21H23N5O2/c1-14-12-20(23-15(2)22-14)28-17-8-10-26(11-9-17)21(27)19-13-18(24-25-19)16-6-4-3-5-7-16/h3-7,12-13,17H,8-11H2,1-2H3,(H,24,25). The van der Waals surface area contributed by atoms with Crippen LogP contribution in [0.1, 0.15) is 34.8 Å². The minimum absolute atomic E-state index is 0.0261. The number of benzene rings is 1. The van der Waals surface area contributed by atoms with Gasteiger partial charge in [-0.25, -0.2) is 4.98 Å². The van der Waals surface area contributed by atoms with Gasteiger partial charge < -0.3 is 9.64 Å². The van der Waals surface area contributed by atoms with Crippen LogP contribution >= 0.6 is 0 Å². The summed E-state index contributed by atoms with van der Waals surface area (Å²) < 4.78 is 6.00. The van der Waals surface area contributed by atoms with Crippen LogP contribution in [0.15, 0.2) is 42.5 Å². The lowest BCUT2D eigenvalue weighted by molar-refractivity contribution is 0.0582. The summed E-state index contributed by atoms with van der Waals surface area (Å²) in [6.45, 7) is 5.07. The molecule has 2 aromatic heterocycles. The highest BCUT2D eigenvalue weighted by Gasteiger charge is 2.26. The zero-order valence-corrected chi connectivity index (χ0v) is 16.1. The van der Waals surface area contributed by atoms with E-state index in [1.165, 1.54) is 0 Å². The molecule has 1 aromatic carbocycles. The topological polar surface area (TPSA) is 84.0 Å². The molecule has 3 aromatic rings. The Hall–Kier alpha value is -3.22. The van der Waals surface area contributed by atoms with Crippen LogP contribution < -0.4 is 4.74 Å². The smallest absolute Gasteiger partial charge is 0.271 e. The number of nitrogens with one attached hydrogen (secondary N) is 1. The fourth-order valence-electron chi connectivity index (χ4n) is 3.45. The van der Waals surface area contributed by atoms with Crippen molar-refractivity contribution in [2.24, 2.45) is 0 Å². The Morgan fingerprint density at radius 1 is 1.11 bits per heavy atom. The molecule has 1 fully saturated rings. The number of ether oxygens (including phenoxy) is 1. The number of nitrogens with zero attached hydrogens (tertiary/aromatic N) is 4. The van der Waals surface area contributed by atoms with Crippen molar-refractivity contribution in [1.82, 2.24) is 25.1 Å². The highest BCUT2D eigenvalue weighted by molar-refractivity contribution is 5.93. The fraction of sp³-hybridized carbons (Fsp3) is 0.333. The van der Waals surface area contributed by atoms with Gasteiger partial charge in [0.25, 0.3) is 5.91 Å². The Morgan fingerprint density at radius 3 is 2.57 bits per heavy atom. The first-order chi connectivity index (χ1) is 13.6. The normalized spacial score (nSPS) is 14.9. The average molecular weight is 377 g/mol. The maximum atomic E-state index is 12.8. The van der Waals surface area contributed by atoms with Gasteiger partial charge in [-0.1, -0.05) is 30.3 Å².